The molecule has 4 atom stereocenters. The summed E-state index contributed by atoms with van der Waals surface area (Å²) in [6.07, 6.45) is 24.6. The van der Waals surface area contributed by atoms with E-state index in [1.165, 1.54) is 21.7 Å². The van der Waals surface area contributed by atoms with Gasteiger partial charge in [-0.25, -0.2) is 0 Å². The van der Waals surface area contributed by atoms with Crippen molar-refractivity contribution >= 4 is 23.1 Å². The van der Waals surface area contributed by atoms with Crippen LogP contribution >= 0.6 is 11.8 Å². The molecule has 1 aliphatic heterocycles. The number of anilines is 2. The fraction of sp³-hybridized carbons (Fsp3) is 0.250. The van der Waals surface area contributed by atoms with E-state index in [-0.39, 0.29) is 0 Å². The third-order valence-electron chi connectivity index (χ3n) is 5.76. The first-order valence-electron chi connectivity index (χ1n) is 9.72. The molecule has 136 valence electrons. The Morgan fingerprint density at radius 1 is 1.00 bits per heavy atom. The second-order valence-electron chi connectivity index (χ2n) is 7.52. The quantitative estimate of drug-likeness (QED) is 0.666. The minimum Gasteiger partial charge on any atom is -0.398 e. The normalized spacial score (nSPS) is 30.5. The van der Waals surface area contributed by atoms with Crippen molar-refractivity contribution in [1.29, 1.82) is 0 Å². The predicted octanol–water partition coefficient (Wildman–Crippen LogP) is 5.72. The first-order chi connectivity index (χ1) is 13.3. The molecule has 1 aromatic carbocycles. The van der Waals surface area contributed by atoms with Crippen molar-refractivity contribution in [3.63, 3.8) is 0 Å². The lowest BCUT2D eigenvalue weighted by molar-refractivity contribution is 0.780. The van der Waals surface area contributed by atoms with Crippen LogP contribution in [0.2, 0.25) is 0 Å². The standard InChI is InChI=1S/C24H24N2S/c25-20-10-6-11-21(24(20)16-7-2-1-3-8-16)26-17-13-14-23-19(15-17)18-9-4-5-12-22(18)27-23/h1-7,9-12,14-18,22,26H,8,13,25H2. The summed E-state index contributed by atoms with van der Waals surface area (Å²) in [5, 5.41) is 4.35. The summed E-state index contributed by atoms with van der Waals surface area (Å²) in [5.74, 6) is 0.862. The first kappa shape index (κ1) is 16.8. The van der Waals surface area contributed by atoms with E-state index in [0.717, 1.165) is 18.5 Å². The van der Waals surface area contributed by atoms with Crippen molar-refractivity contribution in [2.24, 2.45) is 5.92 Å². The van der Waals surface area contributed by atoms with Gasteiger partial charge < -0.3 is 11.1 Å². The maximum atomic E-state index is 6.38. The third-order valence-corrected chi connectivity index (χ3v) is 7.14. The lowest BCUT2D eigenvalue weighted by Gasteiger charge is -2.26. The smallest absolute Gasteiger partial charge is 0.0485 e. The van der Waals surface area contributed by atoms with Crippen molar-refractivity contribution in [2.45, 2.75) is 30.1 Å². The summed E-state index contributed by atoms with van der Waals surface area (Å²) in [6, 6.07) is 6.55. The molecule has 0 bridgehead atoms. The van der Waals surface area contributed by atoms with E-state index in [2.05, 4.69) is 78.2 Å². The zero-order valence-corrected chi connectivity index (χ0v) is 16.0. The molecule has 0 spiro atoms. The van der Waals surface area contributed by atoms with Crippen molar-refractivity contribution < 1.29 is 0 Å². The van der Waals surface area contributed by atoms with Crippen LogP contribution in [0.4, 0.5) is 11.4 Å². The topological polar surface area (TPSA) is 38.0 Å². The molecule has 4 aliphatic rings. The number of hydrogen-bond acceptors (Lipinski definition) is 3. The predicted molar refractivity (Wildman–Crippen MR) is 118 cm³/mol. The van der Waals surface area contributed by atoms with Gasteiger partial charge in [0, 0.05) is 45.0 Å². The zero-order valence-electron chi connectivity index (χ0n) is 15.2. The van der Waals surface area contributed by atoms with E-state index in [0.29, 0.717) is 23.1 Å². The minimum absolute atomic E-state index is 0.311. The van der Waals surface area contributed by atoms with Crippen LogP contribution in [-0.4, -0.2) is 11.3 Å². The molecule has 3 aliphatic carbocycles. The van der Waals surface area contributed by atoms with Gasteiger partial charge in [0.25, 0.3) is 0 Å². The Balaban J connectivity index is 1.42. The maximum absolute atomic E-state index is 6.38. The van der Waals surface area contributed by atoms with Crippen molar-refractivity contribution in [1.82, 2.24) is 0 Å². The van der Waals surface area contributed by atoms with Crippen LogP contribution < -0.4 is 11.1 Å². The number of rotatable bonds is 3. The molecule has 3 N–H and O–H groups in total. The van der Waals surface area contributed by atoms with Gasteiger partial charge in [-0.3, -0.25) is 0 Å². The van der Waals surface area contributed by atoms with Gasteiger partial charge in [0.2, 0.25) is 0 Å². The maximum Gasteiger partial charge on any atom is 0.0485 e. The number of nitrogen functional groups attached to an aromatic ring is 1. The van der Waals surface area contributed by atoms with E-state index < -0.39 is 0 Å². The number of fused-ring (bicyclic) bond motifs is 3. The number of nitrogens with two attached hydrogens (primary N) is 1. The summed E-state index contributed by atoms with van der Waals surface area (Å²) in [6.45, 7) is 0. The van der Waals surface area contributed by atoms with E-state index in [9.17, 15) is 0 Å². The lowest BCUT2D eigenvalue weighted by Crippen LogP contribution is -2.22. The van der Waals surface area contributed by atoms with Crippen molar-refractivity contribution in [3.05, 3.63) is 95.0 Å². The van der Waals surface area contributed by atoms with E-state index in [4.69, 9.17) is 5.73 Å². The molecule has 0 aromatic heterocycles. The first-order valence-corrected chi connectivity index (χ1v) is 10.6. The van der Waals surface area contributed by atoms with Gasteiger partial charge in [-0.1, -0.05) is 66.8 Å². The van der Waals surface area contributed by atoms with E-state index in [1.54, 1.807) is 0 Å². The number of nitrogens with one attached hydrogen (secondary N) is 1. The highest BCUT2D eigenvalue weighted by Gasteiger charge is 2.35. The SMILES string of the molecule is Nc1cccc(NC2C=C3C(=CC2)SC2C=CC=CC32)c1C1C=CC=CC1. The molecule has 3 heteroatoms. The Hall–Kier alpha value is -2.39. The van der Waals surface area contributed by atoms with Gasteiger partial charge in [0.1, 0.15) is 0 Å². The molecule has 1 saturated heterocycles. The van der Waals surface area contributed by atoms with Crippen LogP contribution in [-0.2, 0) is 0 Å². The Morgan fingerprint density at radius 2 is 1.89 bits per heavy atom. The van der Waals surface area contributed by atoms with Gasteiger partial charge in [0.05, 0.1) is 0 Å². The van der Waals surface area contributed by atoms with Crippen LogP contribution in [0, 0.1) is 5.92 Å². The second-order valence-corrected chi connectivity index (χ2v) is 8.74. The Morgan fingerprint density at radius 3 is 2.78 bits per heavy atom. The van der Waals surface area contributed by atoms with E-state index >= 15 is 0 Å². The largest absolute Gasteiger partial charge is 0.398 e. The summed E-state index contributed by atoms with van der Waals surface area (Å²) < 4.78 is 0. The molecule has 2 nitrogen and oxygen atoms in total. The summed E-state index contributed by atoms with van der Waals surface area (Å²) in [4.78, 5) is 1.47. The molecule has 0 radical (unpaired) electrons. The van der Waals surface area contributed by atoms with E-state index in [1.807, 2.05) is 17.8 Å². The Labute approximate surface area is 165 Å². The molecule has 1 aromatic rings. The average Bonchev–Trinajstić information content (AvgIpc) is 3.07. The monoisotopic (exact) mass is 372 g/mol. The van der Waals surface area contributed by atoms with Gasteiger partial charge in [-0.2, -0.15) is 0 Å². The van der Waals surface area contributed by atoms with Gasteiger partial charge in [0.15, 0.2) is 0 Å². The number of thioether (sulfide) groups is 1. The average molecular weight is 373 g/mol. The molecule has 0 amide bonds. The molecule has 4 unspecified atom stereocenters. The zero-order chi connectivity index (χ0) is 18.2. The van der Waals surface area contributed by atoms with Gasteiger partial charge in [-0.15, -0.1) is 11.8 Å². The van der Waals surface area contributed by atoms with Crippen LogP contribution in [0.1, 0.15) is 24.3 Å². The molecule has 5 rings (SSSR count). The molecular weight excluding hydrogens is 348 g/mol. The Bertz CT molecular complexity index is 932. The minimum atomic E-state index is 0.311. The molecule has 0 saturated carbocycles. The number of hydrogen-bond donors (Lipinski definition) is 2. The van der Waals surface area contributed by atoms with Crippen molar-refractivity contribution in [3.8, 4) is 0 Å². The number of allylic oxidation sites excluding steroid dienone is 8. The summed E-state index contributed by atoms with van der Waals surface area (Å²) in [7, 11) is 0. The second kappa shape index (κ2) is 6.97. The molecular formula is C24H24N2S. The highest BCUT2D eigenvalue weighted by molar-refractivity contribution is 8.04. The van der Waals surface area contributed by atoms with Crippen LogP contribution in [0.25, 0.3) is 0 Å². The molecule has 1 heterocycles. The summed E-state index contributed by atoms with van der Waals surface area (Å²) in [5.41, 5.74) is 11.1. The van der Waals surface area contributed by atoms with Gasteiger partial charge >= 0.3 is 0 Å². The van der Waals surface area contributed by atoms with Gasteiger partial charge in [-0.05, 0) is 30.5 Å². The summed E-state index contributed by atoms with van der Waals surface area (Å²) >= 11 is 2.01. The van der Waals surface area contributed by atoms with Crippen LogP contribution in [0.5, 0.6) is 0 Å². The third kappa shape index (κ3) is 3.10. The highest BCUT2D eigenvalue weighted by Crippen LogP contribution is 2.50. The van der Waals surface area contributed by atoms with Crippen LogP contribution in [0.3, 0.4) is 0 Å². The fourth-order valence-electron chi connectivity index (χ4n) is 4.45. The Kier molecular flexibility index (Phi) is 4.33. The molecule has 1 fully saturated rings. The fourth-order valence-corrected chi connectivity index (χ4v) is 5.83. The van der Waals surface area contributed by atoms with Crippen LogP contribution in [0.15, 0.2) is 89.4 Å². The lowest BCUT2D eigenvalue weighted by atomic mass is 9.87. The number of benzene rings is 1. The van der Waals surface area contributed by atoms with Crippen molar-refractivity contribution in [2.75, 3.05) is 11.1 Å². The molecule has 27 heavy (non-hydrogen) atoms. The highest BCUT2D eigenvalue weighted by atomic mass is 32.2.